The van der Waals surface area contributed by atoms with Crippen LogP contribution >= 0.6 is 35.3 Å². The first kappa shape index (κ1) is 18.6. The number of nitrogens with zero attached hydrogens (tertiary/aromatic N) is 3. The van der Waals surface area contributed by atoms with Crippen LogP contribution in [0.1, 0.15) is 30.2 Å². The van der Waals surface area contributed by atoms with Crippen LogP contribution in [0.15, 0.2) is 11.2 Å². The minimum atomic E-state index is -0.218. The molecule has 1 aliphatic rings. The maximum atomic E-state index is 9.62. The van der Waals surface area contributed by atoms with E-state index in [4.69, 9.17) is 0 Å². The van der Waals surface area contributed by atoms with Crippen molar-refractivity contribution in [3.63, 3.8) is 0 Å². The number of β-amino-alcohol motifs (C(OH)–C–C–N with tert-alkyl or cyclic N) is 1. The predicted octanol–water partition coefficient (Wildman–Crippen LogP) is 1.90. The largest absolute Gasteiger partial charge is 0.391 e. The average molecular weight is 424 g/mol. The molecular weight excluding hydrogens is 399 g/mol. The molecule has 120 valence electrons. The maximum Gasteiger partial charge on any atom is 0.194 e. The van der Waals surface area contributed by atoms with Crippen LogP contribution in [0, 0.1) is 0 Å². The quantitative estimate of drug-likeness (QED) is 0.431. The van der Waals surface area contributed by atoms with Gasteiger partial charge in [-0.3, -0.25) is 4.99 Å². The first-order valence-electron chi connectivity index (χ1n) is 7.37. The smallest absolute Gasteiger partial charge is 0.194 e. The van der Waals surface area contributed by atoms with E-state index in [-0.39, 0.29) is 30.1 Å². The summed E-state index contributed by atoms with van der Waals surface area (Å²) >= 11 is 1.78. The summed E-state index contributed by atoms with van der Waals surface area (Å²) in [4.78, 5) is 12.5. The van der Waals surface area contributed by atoms with E-state index in [0.29, 0.717) is 6.54 Å². The molecule has 0 aromatic carbocycles. The second kappa shape index (κ2) is 9.58. The van der Waals surface area contributed by atoms with Gasteiger partial charge in [-0.1, -0.05) is 6.92 Å². The normalized spacial score (nSPS) is 18.7. The van der Waals surface area contributed by atoms with E-state index in [9.17, 15) is 5.11 Å². The van der Waals surface area contributed by atoms with Crippen molar-refractivity contribution >= 4 is 41.3 Å². The fourth-order valence-corrected chi connectivity index (χ4v) is 3.10. The predicted molar refractivity (Wildman–Crippen MR) is 98.8 cm³/mol. The number of aliphatic hydroxyl groups excluding tert-OH is 1. The molecule has 21 heavy (non-hydrogen) atoms. The van der Waals surface area contributed by atoms with Crippen molar-refractivity contribution in [2.24, 2.45) is 4.99 Å². The SMILES string of the molecule is CCNC(=NCCc1ncc(CC)s1)N1CC[C@@H](O)C1.I. The topological polar surface area (TPSA) is 60.8 Å². The summed E-state index contributed by atoms with van der Waals surface area (Å²) < 4.78 is 0. The molecule has 5 nitrogen and oxygen atoms in total. The number of thiazole rings is 1. The summed E-state index contributed by atoms with van der Waals surface area (Å²) in [5.74, 6) is 0.913. The van der Waals surface area contributed by atoms with E-state index < -0.39 is 0 Å². The number of nitrogens with one attached hydrogen (secondary N) is 1. The Bertz CT molecular complexity index is 452. The lowest BCUT2D eigenvalue weighted by atomic mass is 10.3. The van der Waals surface area contributed by atoms with Gasteiger partial charge in [-0.05, 0) is 19.8 Å². The Hall–Kier alpha value is -0.410. The number of hydrogen-bond acceptors (Lipinski definition) is 4. The van der Waals surface area contributed by atoms with Crippen molar-refractivity contribution in [2.45, 2.75) is 39.2 Å². The fourth-order valence-electron chi connectivity index (χ4n) is 2.24. The molecular formula is C14H25IN4OS. The van der Waals surface area contributed by atoms with E-state index in [0.717, 1.165) is 49.9 Å². The van der Waals surface area contributed by atoms with E-state index in [1.807, 2.05) is 6.20 Å². The van der Waals surface area contributed by atoms with Gasteiger partial charge >= 0.3 is 0 Å². The van der Waals surface area contributed by atoms with Crippen LogP contribution in [-0.4, -0.2) is 53.2 Å². The molecule has 1 aliphatic heterocycles. The van der Waals surface area contributed by atoms with Gasteiger partial charge in [0.05, 0.1) is 11.1 Å². The molecule has 0 saturated carbocycles. The van der Waals surface area contributed by atoms with Crippen LogP contribution in [0.5, 0.6) is 0 Å². The van der Waals surface area contributed by atoms with Crippen molar-refractivity contribution in [1.82, 2.24) is 15.2 Å². The molecule has 0 spiro atoms. The lowest BCUT2D eigenvalue weighted by molar-refractivity contribution is 0.188. The number of aromatic nitrogens is 1. The van der Waals surface area contributed by atoms with Crippen LogP contribution in [0.2, 0.25) is 0 Å². The monoisotopic (exact) mass is 424 g/mol. The molecule has 1 aromatic rings. The first-order chi connectivity index (χ1) is 9.72. The minimum absolute atomic E-state index is 0. The third-order valence-electron chi connectivity index (χ3n) is 3.33. The Balaban J connectivity index is 0.00000220. The Labute approximate surface area is 147 Å². The number of aliphatic hydroxyl groups is 1. The van der Waals surface area contributed by atoms with Gasteiger partial charge in [0.25, 0.3) is 0 Å². The Kier molecular flexibility index (Phi) is 8.50. The first-order valence-corrected chi connectivity index (χ1v) is 8.19. The number of guanidine groups is 1. The number of halogens is 1. The van der Waals surface area contributed by atoms with Crippen molar-refractivity contribution < 1.29 is 5.11 Å². The van der Waals surface area contributed by atoms with Gasteiger partial charge in [0.2, 0.25) is 0 Å². The zero-order chi connectivity index (χ0) is 14.4. The van der Waals surface area contributed by atoms with E-state index in [1.165, 1.54) is 4.88 Å². The highest BCUT2D eigenvalue weighted by Gasteiger charge is 2.22. The molecule has 1 saturated heterocycles. The zero-order valence-corrected chi connectivity index (χ0v) is 15.9. The van der Waals surface area contributed by atoms with Crippen LogP contribution in [0.3, 0.4) is 0 Å². The summed E-state index contributed by atoms with van der Waals surface area (Å²) in [5.41, 5.74) is 0. The second-order valence-electron chi connectivity index (χ2n) is 4.95. The van der Waals surface area contributed by atoms with Crippen molar-refractivity contribution in [1.29, 1.82) is 0 Å². The molecule has 0 unspecified atom stereocenters. The zero-order valence-electron chi connectivity index (χ0n) is 12.7. The molecule has 1 aromatic heterocycles. The van der Waals surface area contributed by atoms with Crippen molar-refractivity contribution in [2.75, 3.05) is 26.2 Å². The number of likely N-dealkylation sites (tertiary alicyclic amines) is 1. The summed E-state index contributed by atoms with van der Waals surface area (Å²) in [6.45, 7) is 7.37. The minimum Gasteiger partial charge on any atom is -0.391 e. The Morgan fingerprint density at radius 1 is 1.57 bits per heavy atom. The second-order valence-corrected chi connectivity index (χ2v) is 6.15. The number of aliphatic imine (C=N–C) groups is 1. The highest BCUT2D eigenvalue weighted by atomic mass is 127. The lowest BCUT2D eigenvalue weighted by Crippen LogP contribution is -2.40. The maximum absolute atomic E-state index is 9.62. The average Bonchev–Trinajstić information content (AvgIpc) is 3.06. The van der Waals surface area contributed by atoms with Crippen LogP contribution in [0.25, 0.3) is 0 Å². The molecule has 2 heterocycles. The fraction of sp³-hybridized carbons (Fsp3) is 0.714. The standard InChI is InChI=1S/C14H24N4OS.HI/c1-3-12-9-17-13(20-12)5-7-16-14(15-4-2)18-8-6-11(19)10-18;/h9,11,19H,3-8,10H2,1-2H3,(H,15,16);1H/t11-;/m1./s1. The molecule has 1 atom stereocenters. The van der Waals surface area contributed by atoms with Gasteiger partial charge in [-0.15, -0.1) is 35.3 Å². The Morgan fingerprint density at radius 3 is 2.95 bits per heavy atom. The molecule has 0 bridgehead atoms. The van der Waals surface area contributed by atoms with E-state index in [2.05, 4.69) is 34.0 Å². The third-order valence-corrected chi connectivity index (χ3v) is 4.54. The molecule has 0 aliphatic carbocycles. The highest BCUT2D eigenvalue weighted by Crippen LogP contribution is 2.14. The van der Waals surface area contributed by atoms with Gasteiger partial charge in [0, 0.05) is 43.7 Å². The summed E-state index contributed by atoms with van der Waals surface area (Å²) in [6.07, 6.45) is 4.51. The van der Waals surface area contributed by atoms with Crippen LogP contribution in [0.4, 0.5) is 0 Å². The third kappa shape index (κ3) is 5.71. The van der Waals surface area contributed by atoms with Crippen LogP contribution < -0.4 is 5.32 Å². The van der Waals surface area contributed by atoms with Gasteiger partial charge in [0.15, 0.2) is 5.96 Å². The molecule has 0 amide bonds. The number of rotatable bonds is 5. The van der Waals surface area contributed by atoms with Gasteiger partial charge in [-0.25, -0.2) is 4.98 Å². The number of hydrogen-bond donors (Lipinski definition) is 2. The molecule has 0 radical (unpaired) electrons. The highest BCUT2D eigenvalue weighted by molar-refractivity contribution is 14.0. The van der Waals surface area contributed by atoms with Gasteiger partial charge < -0.3 is 15.3 Å². The molecule has 7 heteroatoms. The summed E-state index contributed by atoms with van der Waals surface area (Å²) in [6, 6.07) is 0. The number of aryl methyl sites for hydroxylation is 1. The van der Waals surface area contributed by atoms with Crippen molar-refractivity contribution in [3.05, 3.63) is 16.1 Å². The molecule has 1 fully saturated rings. The van der Waals surface area contributed by atoms with Gasteiger partial charge in [-0.2, -0.15) is 0 Å². The van der Waals surface area contributed by atoms with Gasteiger partial charge in [0.1, 0.15) is 0 Å². The Morgan fingerprint density at radius 2 is 2.38 bits per heavy atom. The summed E-state index contributed by atoms with van der Waals surface area (Å²) in [5, 5.41) is 14.1. The summed E-state index contributed by atoms with van der Waals surface area (Å²) in [7, 11) is 0. The van der Waals surface area contributed by atoms with E-state index >= 15 is 0 Å². The molecule has 2 rings (SSSR count). The van der Waals surface area contributed by atoms with Crippen molar-refractivity contribution in [3.8, 4) is 0 Å². The van der Waals surface area contributed by atoms with E-state index in [1.54, 1.807) is 11.3 Å². The lowest BCUT2D eigenvalue weighted by Gasteiger charge is -2.20. The van der Waals surface area contributed by atoms with Crippen LogP contribution in [-0.2, 0) is 12.8 Å². The molecule has 2 N–H and O–H groups in total.